The van der Waals surface area contributed by atoms with Gasteiger partial charge in [-0.1, -0.05) is 0 Å². The lowest BCUT2D eigenvalue weighted by molar-refractivity contribution is 0.0697. The molecular formula is C11H10N2O3. The number of hydrogen-bond acceptors (Lipinski definition) is 3. The summed E-state index contributed by atoms with van der Waals surface area (Å²) >= 11 is 0. The number of aromatic carboxylic acids is 1. The van der Waals surface area contributed by atoms with Crippen LogP contribution in [-0.4, -0.2) is 27.2 Å². The smallest absolute Gasteiger partial charge is 0.335 e. The first-order valence-electron chi connectivity index (χ1n) is 5.06. The predicted octanol–water partition coefficient (Wildman–Crippen LogP) is 1.26. The maximum Gasteiger partial charge on any atom is 0.335 e. The molecular weight excluding hydrogens is 208 g/mol. The van der Waals surface area contributed by atoms with E-state index in [0.717, 1.165) is 23.4 Å². The molecule has 0 aliphatic carbocycles. The molecule has 0 atom stereocenters. The highest BCUT2D eigenvalue weighted by molar-refractivity contribution is 5.92. The fourth-order valence-electron chi connectivity index (χ4n) is 1.99. The zero-order valence-electron chi connectivity index (χ0n) is 8.51. The third-order valence-corrected chi connectivity index (χ3v) is 2.76. The number of imidazole rings is 1. The minimum Gasteiger partial charge on any atom is -0.478 e. The minimum absolute atomic E-state index is 0.267. The topological polar surface area (TPSA) is 64.3 Å². The standard InChI is InChI=1S/C11H10N2O3/c14-11(15)7-1-2-9-8(5-7)12-10-6-16-4-3-13(9)10/h1-2,5H,3-4,6H2,(H,14,15). The molecule has 1 N–H and O–H groups in total. The average molecular weight is 218 g/mol. The minimum atomic E-state index is -0.927. The molecule has 0 amide bonds. The number of ether oxygens (including phenoxy) is 1. The van der Waals surface area contributed by atoms with Gasteiger partial charge in [0, 0.05) is 6.54 Å². The van der Waals surface area contributed by atoms with Crippen molar-refractivity contribution < 1.29 is 14.6 Å². The molecule has 0 unspecified atom stereocenters. The molecule has 5 heteroatoms. The first-order valence-corrected chi connectivity index (χ1v) is 5.06. The van der Waals surface area contributed by atoms with Gasteiger partial charge < -0.3 is 14.4 Å². The van der Waals surface area contributed by atoms with Gasteiger partial charge in [0.2, 0.25) is 0 Å². The number of aromatic nitrogens is 2. The fourth-order valence-corrected chi connectivity index (χ4v) is 1.99. The Kier molecular flexibility index (Phi) is 1.94. The lowest BCUT2D eigenvalue weighted by Gasteiger charge is -2.14. The molecule has 0 radical (unpaired) electrons. The molecule has 82 valence electrons. The summed E-state index contributed by atoms with van der Waals surface area (Å²) in [5.41, 5.74) is 1.97. The molecule has 0 saturated carbocycles. The molecule has 1 aliphatic heterocycles. The summed E-state index contributed by atoms with van der Waals surface area (Å²) in [6.45, 7) is 1.95. The van der Waals surface area contributed by atoms with Crippen LogP contribution in [0.15, 0.2) is 18.2 Å². The Morgan fingerprint density at radius 3 is 3.19 bits per heavy atom. The quantitative estimate of drug-likeness (QED) is 0.782. The number of nitrogens with zero attached hydrogens (tertiary/aromatic N) is 2. The van der Waals surface area contributed by atoms with E-state index < -0.39 is 5.97 Å². The van der Waals surface area contributed by atoms with E-state index in [0.29, 0.717) is 13.2 Å². The van der Waals surface area contributed by atoms with Gasteiger partial charge in [0.05, 0.1) is 23.2 Å². The van der Waals surface area contributed by atoms with Crippen molar-refractivity contribution in [3.05, 3.63) is 29.6 Å². The highest BCUT2D eigenvalue weighted by atomic mass is 16.5. The first kappa shape index (κ1) is 9.35. The number of carbonyl (C=O) groups is 1. The number of carboxylic acid groups (broad SMARTS) is 1. The second kappa shape index (κ2) is 3.31. The van der Waals surface area contributed by atoms with Crippen LogP contribution in [0.25, 0.3) is 11.0 Å². The molecule has 1 aliphatic rings. The normalized spacial score (nSPS) is 15.0. The van der Waals surface area contributed by atoms with Gasteiger partial charge >= 0.3 is 5.97 Å². The van der Waals surface area contributed by atoms with Crippen LogP contribution in [0, 0.1) is 0 Å². The van der Waals surface area contributed by atoms with E-state index in [1.165, 1.54) is 0 Å². The molecule has 0 saturated heterocycles. The Morgan fingerprint density at radius 1 is 1.50 bits per heavy atom. The first-order chi connectivity index (χ1) is 7.75. The molecule has 2 aromatic rings. The molecule has 0 spiro atoms. The summed E-state index contributed by atoms with van der Waals surface area (Å²) in [5, 5.41) is 8.89. The molecule has 1 aromatic carbocycles. The molecule has 16 heavy (non-hydrogen) atoms. The molecule has 1 aromatic heterocycles. The molecule has 2 heterocycles. The lowest BCUT2D eigenvalue weighted by Crippen LogP contribution is -2.16. The van der Waals surface area contributed by atoms with Crippen LogP contribution in [0.5, 0.6) is 0 Å². The summed E-state index contributed by atoms with van der Waals surface area (Å²) in [5.74, 6) is -0.0621. The second-order valence-electron chi connectivity index (χ2n) is 3.74. The Morgan fingerprint density at radius 2 is 2.38 bits per heavy atom. The molecule has 3 rings (SSSR count). The van der Waals surface area contributed by atoms with E-state index in [-0.39, 0.29) is 5.56 Å². The van der Waals surface area contributed by atoms with Crippen molar-refractivity contribution in [3.63, 3.8) is 0 Å². The van der Waals surface area contributed by atoms with Crippen molar-refractivity contribution in [2.75, 3.05) is 6.61 Å². The number of carboxylic acids is 1. The Balaban J connectivity index is 2.22. The summed E-state index contributed by atoms with van der Waals surface area (Å²) in [4.78, 5) is 15.2. The van der Waals surface area contributed by atoms with E-state index in [1.807, 2.05) is 0 Å². The Labute approximate surface area is 91.3 Å². The summed E-state index contributed by atoms with van der Waals surface area (Å²) in [6, 6.07) is 5.01. The van der Waals surface area contributed by atoms with Crippen LogP contribution in [0.2, 0.25) is 0 Å². The monoisotopic (exact) mass is 218 g/mol. The van der Waals surface area contributed by atoms with Crippen molar-refractivity contribution >= 4 is 17.0 Å². The number of benzene rings is 1. The van der Waals surface area contributed by atoms with Gasteiger partial charge in [-0.25, -0.2) is 9.78 Å². The van der Waals surface area contributed by atoms with E-state index >= 15 is 0 Å². The largest absolute Gasteiger partial charge is 0.478 e. The predicted molar refractivity (Wildman–Crippen MR) is 56.3 cm³/mol. The van der Waals surface area contributed by atoms with Gasteiger partial charge in [0.1, 0.15) is 12.4 Å². The average Bonchev–Trinajstić information content (AvgIpc) is 2.66. The maximum atomic E-state index is 10.8. The van der Waals surface area contributed by atoms with Gasteiger partial charge in [-0.2, -0.15) is 0 Å². The number of rotatable bonds is 1. The molecule has 0 fully saturated rings. The third-order valence-electron chi connectivity index (χ3n) is 2.76. The fraction of sp³-hybridized carbons (Fsp3) is 0.273. The number of hydrogen-bond donors (Lipinski definition) is 1. The highest BCUT2D eigenvalue weighted by Crippen LogP contribution is 2.20. The summed E-state index contributed by atoms with van der Waals surface area (Å²) in [6.07, 6.45) is 0. The van der Waals surface area contributed by atoms with E-state index in [1.54, 1.807) is 18.2 Å². The Bertz CT molecular complexity index is 574. The van der Waals surface area contributed by atoms with Gasteiger partial charge in [0.25, 0.3) is 0 Å². The zero-order valence-corrected chi connectivity index (χ0v) is 8.51. The van der Waals surface area contributed by atoms with Gasteiger partial charge in [-0.3, -0.25) is 0 Å². The molecule has 0 bridgehead atoms. The highest BCUT2D eigenvalue weighted by Gasteiger charge is 2.15. The van der Waals surface area contributed by atoms with E-state index in [9.17, 15) is 4.79 Å². The summed E-state index contributed by atoms with van der Waals surface area (Å²) in [7, 11) is 0. The van der Waals surface area contributed by atoms with Crippen LogP contribution < -0.4 is 0 Å². The van der Waals surface area contributed by atoms with Crippen molar-refractivity contribution in [2.24, 2.45) is 0 Å². The van der Waals surface area contributed by atoms with Crippen molar-refractivity contribution in [1.29, 1.82) is 0 Å². The van der Waals surface area contributed by atoms with Gasteiger partial charge in [-0.15, -0.1) is 0 Å². The van der Waals surface area contributed by atoms with E-state index in [4.69, 9.17) is 9.84 Å². The van der Waals surface area contributed by atoms with Gasteiger partial charge in [-0.05, 0) is 18.2 Å². The lowest BCUT2D eigenvalue weighted by atomic mass is 10.2. The molecule has 5 nitrogen and oxygen atoms in total. The maximum absolute atomic E-state index is 10.8. The van der Waals surface area contributed by atoms with Crippen LogP contribution in [0.3, 0.4) is 0 Å². The van der Waals surface area contributed by atoms with Crippen LogP contribution in [0.4, 0.5) is 0 Å². The van der Waals surface area contributed by atoms with Crippen molar-refractivity contribution in [1.82, 2.24) is 9.55 Å². The van der Waals surface area contributed by atoms with Crippen molar-refractivity contribution in [2.45, 2.75) is 13.2 Å². The van der Waals surface area contributed by atoms with Crippen molar-refractivity contribution in [3.8, 4) is 0 Å². The summed E-state index contributed by atoms with van der Waals surface area (Å²) < 4.78 is 7.38. The van der Waals surface area contributed by atoms with Gasteiger partial charge in [0.15, 0.2) is 0 Å². The van der Waals surface area contributed by atoms with E-state index in [2.05, 4.69) is 9.55 Å². The van der Waals surface area contributed by atoms with Crippen LogP contribution >= 0.6 is 0 Å². The van der Waals surface area contributed by atoms with Crippen LogP contribution in [0.1, 0.15) is 16.2 Å². The Hall–Kier alpha value is -1.88. The second-order valence-corrected chi connectivity index (χ2v) is 3.74. The zero-order chi connectivity index (χ0) is 11.1. The van der Waals surface area contributed by atoms with Crippen LogP contribution in [-0.2, 0) is 17.9 Å². The SMILES string of the molecule is O=C(O)c1ccc2c(c1)nc1n2CCOC1. The third kappa shape index (κ3) is 1.29. The number of fused-ring (bicyclic) bond motifs is 3.